The number of unbranched alkanes of at least 4 members (excludes halogenated alkanes) is 3. The Morgan fingerprint density at radius 3 is 2.50 bits per heavy atom. The lowest BCUT2D eigenvalue weighted by molar-refractivity contribution is 0.0534. The largest absolute Gasteiger partial charge is 0.444 e. The van der Waals surface area contributed by atoms with E-state index in [1.54, 1.807) is 0 Å². The lowest BCUT2D eigenvalue weighted by Crippen LogP contribution is -2.32. The van der Waals surface area contributed by atoms with Gasteiger partial charge in [-0.2, -0.15) is 0 Å². The van der Waals surface area contributed by atoms with Crippen LogP contribution in [-0.2, 0) is 4.74 Å². The van der Waals surface area contributed by atoms with Gasteiger partial charge in [0.25, 0.3) is 0 Å². The Bertz CT molecular complexity index is 216. The third-order valence-electron chi connectivity index (χ3n) is 1.90. The van der Waals surface area contributed by atoms with Gasteiger partial charge in [-0.05, 0) is 33.6 Å². The van der Waals surface area contributed by atoms with Crippen molar-refractivity contribution in [2.75, 3.05) is 6.54 Å². The van der Waals surface area contributed by atoms with E-state index in [0.717, 1.165) is 6.42 Å². The number of amides is 1. The van der Waals surface area contributed by atoms with E-state index < -0.39 is 5.60 Å². The van der Waals surface area contributed by atoms with Crippen molar-refractivity contribution >= 4 is 6.09 Å². The number of alkyl carbamates (subject to hydrolysis) is 1. The quantitative estimate of drug-likeness (QED) is 0.555. The lowest BCUT2D eigenvalue weighted by Gasteiger charge is -2.19. The van der Waals surface area contributed by atoms with Crippen LogP contribution in [0.25, 0.3) is 0 Å². The third kappa shape index (κ3) is 11.1. The van der Waals surface area contributed by atoms with Gasteiger partial charge in [0.1, 0.15) is 5.60 Å². The van der Waals surface area contributed by atoms with Crippen LogP contribution in [0.4, 0.5) is 4.79 Å². The molecule has 0 saturated carbocycles. The first-order valence-electron chi connectivity index (χ1n) is 6.07. The van der Waals surface area contributed by atoms with Crippen molar-refractivity contribution in [1.29, 1.82) is 0 Å². The van der Waals surface area contributed by atoms with Crippen LogP contribution >= 0.6 is 0 Å². The SMILES string of the molecule is CCCCC/C=C\CNC(=O)OC(C)(C)C. The molecule has 0 aromatic rings. The molecule has 1 N–H and O–H groups in total. The van der Waals surface area contributed by atoms with Gasteiger partial charge in [-0.1, -0.05) is 31.9 Å². The second kappa shape index (κ2) is 8.20. The van der Waals surface area contributed by atoms with Crippen molar-refractivity contribution in [2.24, 2.45) is 0 Å². The maximum atomic E-state index is 11.2. The highest BCUT2D eigenvalue weighted by Gasteiger charge is 2.14. The van der Waals surface area contributed by atoms with Crippen molar-refractivity contribution in [3.05, 3.63) is 12.2 Å². The molecule has 0 spiro atoms. The lowest BCUT2D eigenvalue weighted by atomic mass is 10.2. The Kier molecular flexibility index (Phi) is 7.69. The number of hydrogen-bond donors (Lipinski definition) is 1. The third-order valence-corrected chi connectivity index (χ3v) is 1.90. The maximum Gasteiger partial charge on any atom is 0.407 e. The Hall–Kier alpha value is -0.990. The van der Waals surface area contributed by atoms with Crippen molar-refractivity contribution in [2.45, 2.75) is 59.0 Å². The zero-order chi connectivity index (χ0) is 12.4. The van der Waals surface area contributed by atoms with Crippen LogP contribution in [-0.4, -0.2) is 18.2 Å². The average molecular weight is 227 g/mol. The minimum atomic E-state index is -0.422. The van der Waals surface area contributed by atoms with Crippen LogP contribution in [0.5, 0.6) is 0 Å². The van der Waals surface area contributed by atoms with E-state index in [9.17, 15) is 4.79 Å². The van der Waals surface area contributed by atoms with Gasteiger partial charge < -0.3 is 10.1 Å². The molecule has 0 atom stereocenters. The molecule has 0 radical (unpaired) electrons. The molecule has 0 aliphatic rings. The van der Waals surface area contributed by atoms with Crippen LogP contribution in [0, 0.1) is 0 Å². The number of rotatable bonds is 6. The van der Waals surface area contributed by atoms with E-state index in [4.69, 9.17) is 4.74 Å². The van der Waals surface area contributed by atoms with Crippen molar-refractivity contribution in [3.8, 4) is 0 Å². The molecule has 0 bridgehead atoms. The first kappa shape index (κ1) is 15.0. The van der Waals surface area contributed by atoms with Gasteiger partial charge in [0, 0.05) is 6.54 Å². The number of ether oxygens (including phenoxy) is 1. The number of nitrogens with one attached hydrogen (secondary N) is 1. The summed E-state index contributed by atoms with van der Waals surface area (Å²) < 4.78 is 5.10. The Morgan fingerprint density at radius 2 is 1.94 bits per heavy atom. The van der Waals surface area contributed by atoms with Crippen molar-refractivity contribution in [3.63, 3.8) is 0 Å². The van der Waals surface area contributed by atoms with Crippen molar-refractivity contribution in [1.82, 2.24) is 5.32 Å². The van der Waals surface area contributed by atoms with Crippen LogP contribution in [0.15, 0.2) is 12.2 Å². The molecule has 3 nitrogen and oxygen atoms in total. The molecular weight excluding hydrogens is 202 g/mol. The van der Waals surface area contributed by atoms with E-state index in [1.165, 1.54) is 19.3 Å². The molecule has 1 amide bonds. The zero-order valence-corrected chi connectivity index (χ0v) is 11.0. The van der Waals surface area contributed by atoms with Gasteiger partial charge in [-0.15, -0.1) is 0 Å². The summed E-state index contributed by atoms with van der Waals surface area (Å²) in [6.45, 7) is 8.29. The summed E-state index contributed by atoms with van der Waals surface area (Å²) in [5.41, 5.74) is -0.422. The normalized spacial score (nSPS) is 11.8. The minimum absolute atomic E-state index is 0.356. The van der Waals surface area contributed by atoms with Gasteiger partial charge in [-0.25, -0.2) is 4.79 Å². The monoisotopic (exact) mass is 227 g/mol. The number of allylic oxidation sites excluding steroid dienone is 1. The second-order valence-corrected chi connectivity index (χ2v) is 4.85. The highest BCUT2D eigenvalue weighted by atomic mass is 16.6. The number of carbonyl (C=O) groups excluding carboxylic acids is 1. The Balaban J connectivity index is 3.47. The maximum absolute atomic E-state index is 11.2. The highest BCUT2D eigenvalue weighted by Crippen LogP contribution is 2.06. The van der Waals surface area contributed by atoms with E-state index in [2.05, 4.69) is 18.3 Å². The van der Waals surface area contributed by atoms with Gasteiger partial charge in [0.05, 0.1) is 0 Å². The fourth-order valence-corrected chi connectivity index (χ4v) is 1.17. The second-order valence-electron chi connectivity index (χ2n) is 4.85. The van der Waals surface area contributed by atoms with Gasteiger partial charge in [-0.3, -0.25) is 0 Å². The van der Waals surface area contributed by atoms with Gasteiger partial charge >= 0.3 is 6.09 Å². The molecule has 0 aliphatic carbocycles. The summed E-state index contributed by atoms with van der Waals surface area (Å²) >= 11 is 0. The Labute approximate surface area is 99.3 Å². The molecule has 0 unspecified atom stereocenters. The van der Waals surface area contributed by atoms with Gasteiger partial charge in [0.15, 0.2) is 0 Å². The fourth-order valence-electron chi connectivity index (χ4n) is 1.17. The molecule has 0 heterocycles. The van der Waals surface area contributed by atoms with E-state index in [-0.39, 0.29) is 6.09 Å². The summed E-state index contributed by atoms with van der Waals surface area (Å²) in [5, 5.41) is 2.68. The average Bonchev–Trinajstić information content (AvgIpc) is 2.13. The van der Waals surface area contributed by atoms with Gasteiger partial charge in [0.2, 0.25) is 0 Å². The first-order valence-corrected chi connectivity index (χ1v) is 6.07. The molecular formula is C13H25NO2. The summed E-state index contributed by atoms with van der Waals surface area (Å²) in [4.78, 5) is 11.2. The molecule has 0 aromatic carbocycles. The van der Waals surface area contributed by atoms with E-state index in [0.29, 0.717) is 6.54 Å². The standard InChI is InChI=1S/C13H25NO2/c1-5-6-7-8-9-10-11-14-12(15)16-13(2,3)4/h9-10H,5-8,11H2,1-4H3,(H,14,15)/b10-9-. The van der Waals surface area contributed by atoms with Crippen LogP contribution in [0.3, 0.4) is 0 Å². The number of hydrogen-bond acceptors (Lipinski definition) is 2. The predicted octanol–water partition coefficient (Wildman–Crippen LogP) is 3.65. The van der Waals surface area contributed by atoms with Crippen LogP contribution in [0.2, 0.25) is 0 Å². The topological polar surface area (TPSA) is 38.3 Å². The molecule has 0 fully saturated rings. The summed E-state index contributed by atoms with van der Waals surface area (Å²) in [7, 11) is 0. The molecule has 0 aromatic heterocycles. The summed E-state index contributed by atoms with van der Waals surface area (Å²) in [5.74, 6) is 0. The Morgan fingerprint density at radius 1 is 1.25 bits per heavy atom. The summed E-state index contributed by atoms with van der Waals surface area (Å²) in [6.07, 6.45) is 8.54. The van der Waals surface area contributed by atoms with E-state index >= 15 is 0 Å². The number of carbonyl (C=O) groups is 1. The molecule has 16 heavy (non-hydrogen) atoms. The van der Waals surface area contributed by atoms with Crippen molar-refractivity contribution < 1.29 is 9.53 Å². The smallest absolute Gasteiger partial charge is 0.407 e. The van der Waals surface area contributed by atoms with E-state index in [1.807, 2.05) is 26.8 Å². The zero-order valence-electron chi connectivity index (χ0n) is 11.0. The molecule has 0 saturated heterocycles. The minimum Gasteiger partial charge on any atom is -0.444 e. The highest BCUT2D eigenvalue weighted by molar-refractivity contribution is 5.67. The molecule has 3 heteroatoms. The predicted molar refractivity (Wildman–Crippen MR) is 67.5 cm³/mol. The fraction of sp³-hybridized carbons (Fsp3) is 0.769. The molecule has 0 rings (SSSR count). The van der Waals surface area contributed by atoms with Crippen LogP contribution < -0.4 is 5.32 Å². The molecule has 94 valence electrons. The summed E-state index contributed by atoms with van der Waals surface area (Å²) in [6, 6.07) is 0. The first-order chi connectivity index (χ1) is 7.45. The molecule has 0 aliphatic heterocycles. The van der Waals surface area contributed by atoms with Crippen LogP contribution in [0.1, 0.15) is 53.4 Å².